The smallest absolute Gasteiger partial charge is 0.313 e. The predicted octanol–water partition coefficient (Wildman–Crippen LogP) is 4.75. The lowest BCUT2D eigenvalue weighted by Crippen LogP contribution is -1.98. The predicted molar refractivity (Wildman–Crippen MR) is 80.3 cm³/mol. The Balaban J connectivity index is 2.49. The Hall–Kier alpha value is -1.82. The molecule has 5 nitrogen and oxygen atoms in total. The van der Waals surface area contributed by atoms with Crippen molar-refractivity contribution in [2.45, 2.75) is 13.0 Å². The Bertz CT molecular complexity index is 689. The summed E-state index contributed by atoms with van der Waals surface area (Å²) in [6, 6.07) is 9.12. The fraction of sp³-hybridized carbons (Fsp3) is 0.143. The molecule has 0 spiro atoms. The van der Waals surface area contributed by atoms with Crippen LogP contribution in [0.4, 0.5) is 5.69 Å². The molecule has 0 unspecified atom stereocenters. The Labute approximate surface area is 130 Å². The molecule has 7 heteroatoms. The summed E-state index contributed by atoms with van der Waals surface area (Å²) in [5.41, 5.74) is 0.211. The minimum atomic E-state index is -0.775. The number of ether oxygens (including phenoxy) is 1. The second-order valence-electron chi connectivity index (χ2n) is 4.31. The maximum absolute atomic E-state index is 11.1. The molecule has 0 saturated heterocycles. The number of nitro benzene ring substituents is 1. The second-order valence-corrected chi connectivity index (χ2v) is 5.12. The summed E-state index contributed by atoms with van der Waals surface area (Å²) in [7, 11) is 0. The van der Waals surface area contributed by atoms with E-state index in [2.05, 4.69) is 0 Å². The number of para-hydroxylation sites is 1. The monoisotopic (exact) mass is 327 g/mol. The van der Waals surface area contributed by atoms with Crippen LogP contribution in [0.2, 0.25) is 10.0 Å². The highest BCUT2D eigenvalue weighted by molar-refractivity contribution is 6.42. The summed E-state index contributed by atoms with van der Waals surface area (Å²) >= 11 is 11.7. The third-order valence-electron chi connectivity index (χ3n) is 2.79. The highest BCUT2D eigenvalue weighted by atomic mass is 35.5. The molecule has 21 heavy (non-hydrogen) atoms. The lowest BCUT2D eigenvalue weighted by Gasteiger charge is -2.13. The third-order valence-corrected chi connectivity index (χ3v) is 3.51. The summed E-state index contributed by atoms with van der Waals surface area (Å²) < 4.78 is 5.55. The number of halogens is 2. The van der Waals surface area contributed by atoms with E-state index >= 15 is 0 Å². The van der Waals surface area contributed by atoms with Gasteiger partial charge >= 0.3 is 5.69 Å². The molecule has 0 saturated carbocycles. The molecule has 0 aromatic heterocycles. The maximum Gasteiger partial charge on any atom is 0.313 e. The molecule has 0 aliphatic rings. The summed E-state index contributed by atoms with van der Waals surface area (Å²) in [6.07, 6.45) is -0.775. The van der Waals surface area contributed by atoms with Crippen molar-refractivity contribution in [2.75, 3.05) is 0 Å². The number of benzene rings is 2. The topological polar surface area (TPSA) is 72.6 Å². The van der Waals surface area contributed by atoms with Crippen LogP contribution in [-0.4, -0.2) is 10.0 Å². The van der Waals surface area contributed by atoms with Gasteiger partial charge in [0.15, 0.2) is 0 Å². The molecule has 0 aliphatic carbocycles. The van der Waals surface area contributed by atoms with Gasteiger partial charge in [-0.05, 0) is 13.0 Å². The van der Waals surface area contributed by atoms with E-state index in [9.17, 15) is 15.2 Å². The zero-order valence-corrected chi connectivity index (χ0v) is 12.4. The van der Waals surface area contributed by atoms with Gasteiger partial charge < -0.3 is 9.84 Å². The van der Waals surface area contributed by atoms with Crippen LogP contribution in [0.15, 0.2) is 36.4 Å². The molecule has 1 N–H and O–H groups in total. The number of nitrogens with zero attached hydrogens (tertiary/aromatic N) is 1. The largest absolute Gasteiger partial charge is 0.450 e. The van der Waals surface area contributed by atoms with E-state index < -0.39 is 11.0 Å². The van der Waals surface area contributed by atoms with E-state index in [1.54, 1.807) is 31.2 Å². The molecular weight excluding hydrogens is 317 g/mol. The molecule has 2 rings (SSSR count). The van der Waals surface area contributed by atoms with E-state index in [0.29, 0.717) is 11.3 Å². The first kappa shape index (κ1) is 15.6. The Morgan fingerprint density at radius 3 is 2.43 bits per heavy atom. The number of rotatable bonds is 4. The molecule has 0 bridgehead atoms. The third kappa shape index (κ3) is 3.44. The molecule has 110 valence electrons. The van der Waals surface area contributed by atoms with Crippen LogP contribution in [0.25, 0.3) is 0 Å². The molecule has 0 amide bonds. The van der Waals surface area contributed by atoms with Crippen molar-refractivity contribution in [1.82, 2.24) is 0 Å². The Morgan fingerprint density at radius 2 is 1.81 bits per heavy atom. The summed E-state index contributed by atoms with van der Waals surface area (Å²) in [4.78, 5) is 10.5. The van der Waals surface area contributed by atoms with Crippen molar-refractivity contribution in [3.63, 3.8) is 0 Å². The van der Waals surface area contributed by atoms with Crippen LogP contribution in [-0.2, 0) is 0 Å². The van der Waals surface area contributed by atoms with Crippen molar-refractivity contribution in [2.24, 2.45) is 0 Å². The molecule has 0 heterocycles. The number of nitro groups is 1. The van der Waals surface area contributed by atoms with Crippen LogP contribution in [0, 0.1) is 10.1 Å². The van der Waals surface area contributed by atoms with Crippen molar-refractivity contribution in [3.05, 3.63) is 62.1 Å². The van der Waals surface area contributed by atoms with Gasteiger partial charge in [-0.15, -0.1) is 0 Å². The molecule has 2 aromatic rings. The van der Waals surface area contributed by atoms with E-state index in [1.165, 1.54) is 6.07 Å². The van der Waals surface area contributed by atoms with Gasteiger partial charge in [-0.1, -0.05) is 41.4 Å². The zero-order chi connectivity index (χ0) is 15.6. The average Bonchev–Trinajstić information content (AvgIpc) is 2.42. The van der Waals surface area contributed by atoms with Gasteiger partial charge in [0.25, 0.3) is 0 Å². The van der Waals surface area contributed by atoms with Gasteiger partial charge in [0.1, 0.15) is 5.75 Å². The fourth-order valence-electron chi connectivity index (χ4n) is 1.78. The van der Waals surface area contributed by atoms with E-state index in [1.807, 2.05) is 0 Å². The number of hydrogen-bond donors (Lipinski definition) is 1. The van der Waals surface area contributed by atoms with Gasteiger partial charge in [0.05, 0.1) is 21.1 Å². The maximum atomic E-state index is 11.1. The average molecular weight is 328 g/mol. The van der Waals surface area contributed by atoms with Crippen molar-refractivity contribution >= 4 is 28.9 Å². The lowest BCUT2D eigenvalue weighted by atomic mass is 10.1. The van der Waals surface area contributed by atoms with Crippen LogP contribution < -0.4 is 4.74 Å². The SMILES string of the molecule is C[C@@H](O)c1ccccc1Oc1cc(Cl)c(Cl)cc1[N+](=O)[O-]. The highest BCUT2D eigenvalue weighted by Crippen LogP contribution is 2.39. The number of hydrogen-bond acceptors (Lipinski definition) is 4. The molecular formula is C14H11Cl2NO4. The van der Waals surface area contributed by atoms with E-state index in [4.69, 9.17) is 27.9 Å². The Kier molecular flexibility index (Phi) is 4.67. The van der Waals surface area contributed by atoms with Crippen molar-refractivity contribution in [3.8, 4) is 11.5 Å². The first-order valence-corrected chi connectivity index (χ1v) is 6.74. The van der Waals surface area contributed by atoms with E-state index in [-0.39, 0.29) is 21.5 Å². The number of aliphatic hydroxyl groups excluding tert-OH is 1. The molecule has 0 radical (unpaired) electrons. The van der Waals surface area contributed by atoms with Gasteiger partial charge in [0, 0.05) is 17.7 Å². The van der Waals surface area contributed by atoms with Crippen LogP contribution in [0.1, 0.15) is 18.6 Å². The molecule has 2 aromatic carbocycles. The van der Waals surface area contributed by atoms with Gasteiger partial charge in [0.2, 0.25) is 5.75 Å². The standard InChI is InChI=1S/C14H11Cl2NO4/c1-8(18)9-4-2-3-5-13(9)21-14-7-11(16)10(15)6-12(14)17(19)20/h2-8,18H,1H3/t8-/m1/s1. The van der Waals surface area contributed by atoms with Crippen LogP contribution in [0.3, 0.4) is 0 Å². The van der Waals surface area contributed by atoms with Crippen molar-refractivity contribution in [1.29, 1.82) is 0 Å². The van der Waals surface area contributed by atoms with Gasteiger partial charge in [-0.25, -0.2) is 0 Å². The summed E-state index contributed by atoms with van der Waals surface area (Å²) in [6.45, 7) is 1.57. The lowest BCUT2D eigenvalue weighted by molar-refractivity contribution is -0.385. The highest BCUT2D eigenvalue weighted by Gasteiger charge is 2.20. The second kappa shape index (κ2) is 6.30. The fourth-order valence-corrected chi connectivity index (χ4v) is 2.09. The molecule has 1 atom stereocenters. The van der Waals surface area contributed by atoms with Gasteiger partial charge in [-0.2, -0.15) is 0 Å². The first-order valence-electron chi connectivity index (χ1n) is 5.98. The summed E-state index contributed by atoms with van der Waals surface area (Å²) in [5, 5.41) is 21.0. The normalized spacial score (nSPS) is 12.0. The minimum Gasteiger partial charge on any atom is -0.450 e. The van der Waals surface area contributed by atoms with Crippen molar-refractivity contribution < 1.29 is 14.8 Å². The Morgan fingerprint density at radius 1 is 1.19 bits per heavy atom. The summed E-state index contributed by atoms with van der Waals surface area (Å²) in [5.74, 6) is 0.275. The molecule has 0 fully saturated rings. The zero-order valence-electron chi connectivity index (χ0n) is 10.9. The van der Waals surface area contributed by atoms with E-state index in [0.717, 1.165) is 6.07 Å². The van der Waals surface area contributed by atoms with Crippen LogP contribution in [0.5, 0.6) is 11.5 Å². The number of aliphatic hydroxyl groups is 1. The van der Waals surface area contributed by atoms with Crippen LogP contribution >= 0.6 is 23.2 Å². The quantitative estimate of drug-likeness (QED) is 0.649. The molecule has 0 aliphatic heterocycles. The minimum absolute atomic E-state index is 0.0394. The first-order chi connectivity index (χ1) is 9.90. The van der Waals surface area contributed by atoms with Gasteiger partial charge in [-0.3, -0.25) is 10.1 Å².